The molecule has 0 fully saturated rings. The second-order valence-corrected chi connectivity index (χ2v) is 7.21. The summed E-state index contributed by atoms with van der Waals surface area (Å²) >= 11 is 0. The Balaban J connectivity index is 1.85. The second kappa shape index (κ2) is 9.15. The number of esters is 1. The predicted octanol–water partition coefficient (Wildman–Crippen LogP) is 1.96. The molecule has 1 atom stereocenters. The standard InChI is InChI=1S/C19H22N2O4S/c1-21(2)15-10-8-14(9-11-15)12-20-18(22)13-25-19(23)16-6-4-5-7-17(16)26(3)24/h4-11H,12-13H2,1-3H3,(H,20,22)/t26-/m1/s1. The van der Waals surface area contributed by atoms with E-state index in [0.29, 0.717) is 11.4 Å². The van der Waals surface area contributed by atoms with Crippen LogP contribution in [-0.4, -0.2) is 43.0 Å². The lowest BCUT2D eigenvalue weighted by atomic mass is 10.2. The molecule has 0 spiro atoms. The van der Waals surface area contributed by atoms with Crippen molar-refractivity contribution in [2.75, 3.05) is 31.9 Å². The van der Waals surface area contributed by atoms with Crippen LogP contribution in [0.15, 0.2) is 53.4 Å². The van der Waals surface area contributed by atoms with Crippen LogP contribution in [0.25, 0.3) is 0 Å². The fourth-order valence-corrected chi connectivity index (χ4v) is 2.99. The Kier molecular flexibility index (Phi) is 6.91. The molecule has 0 unspecified atom stereocenters. The van der Waals surface area contributed by atoms with Gasteiger partial charge in [-0.25, -0.2) is 4.79 Å². The van der Waals surface area contributed by atoms with Gasteiger partial charge in [0.05, 0.1) is 21.3 Å². The van der Waals surface area contributed by atoms with Crippen molar-refractivity contribution in [3.05, 3.63) is 59.7 Å². The fourth-order valence-electron chi connectivity index (χ4n) is 2.26. The summed E-state index contributed by atoms with van der Waals surface area (Å²) in [4.78, 5) is 26.4. The molecule has 138 valence electrons. The van der Waals surface area contributed by atoms with Gasteiger partial charge in [0.25, 0.3) is 5.91 Å². The number of benzene rings is 2. The molecule has 7 heteroatoms. The van der Waals surface area contributed by atoms with Gasteiger partial charge in [-0.15, -0.1) is 0 Å². The van der Waals surface area contributed by atoms with Gasteiger partial charge in [0.1, 0.15) is 0 Å². The maximum Gasteiger partial charge on any atom is 0.339 e. The molecule has 0 radical (unpaired) electrons. The van der Waals surface area contributed by atoms with E-state index in [1.54, 1.807) is 18.2 Å². The zero-order valence-corrected chi connectivity index (χ0v) is 15.8. The molecule has 0 aliphatic rings. The molecule has 6 nitrogen and oxygen atoms in total. The van der Waals surface area contributed by atoms with Crippen LogP contribution in [0.5, 0.6) is 0 Å². The number of hydrogen-bond donors (Lipinski definition) is 1. The lowest BCUT2D eigenvalue weighted by Crippen LogP contribution is -2.28. The summed E-state index contributed by atoms with van der Waals surface area (Å²) in [6.07, 6.45) is 1.49. The van der Waals surface area contributed by atoms with E-state index in [1.165, 1.54) is 12.3 Å². The van der Waals surface area contributed by atoms with Gasteiger partial charge < -0.3 is 15.0 Å². The minimum atomic E-state index is -1.31. The average Bonchev–Trinajstić information content (AvgIpc) is 2.64. The van der Waals surface area contributed by atoms with E-state index in [2.05, 4.69) is 5.32 Å². The summed E-state index contributed by atoms with van der Waals surface area (Å²) in [7, 11) is 2.60. The van der Waals surface area contributed by atoms with Gasteiger partial charge in [0.2, 0.25) is 0 Å². The van der Waals surface area contributed by atoms with E-state index in [9.17, 15) is 13.8 Å². The monoisotopic (exact) mass is 374 g/mol. The van der Waals surface area contributed by atoms with Crippen LogP contribution in [-0.2, 0) is 26.9 Å². The van der Waals surface area contributed by atoms with E-state index in [4.69, 9.17) is 4.74 Å². The highest BCUT2D eigenvalue weighted by atomic mass is 32.2. The van der Waals surface area contributed by atoms with Crippen LogP contribution in [0.3, 0.4) is 0 Å². The van der Waals surface area contributed by atoms with Gasteiger partial charge in [-0.05, 0) is 29.8 Å². The highest BCUT2D eigenvalue weighted by Gasteiger charge is 2.15. The first-order chi connectivity index (χ1) is 12.4. The van der Waals surface area contributed by atoms with Crippen molar-refractivity contribution in [1.82, 2.24) is 5.32 Å². The van der Waals surface area contributed by atoms with Gasteiger partial charge in [-0.2, -0.15) is 0 Å². The number of carbonyl (C=O) groups excluding carboxylic acids is 2. The summed E-state index contributed by atoms with van der Waals surface area (Å²) in [5, 5.41) is 2.70. The Hall–Kier alpha value is -2.67. The maximum absolute atomic E-state index is 12.1. The molecule has 0 aliphatic heterocycles. The van der Waals surface area contributed by atoms with Crippen LogP contribution >= 0.6 is 0 Å². The van der Waals surface area contributed by atoms with Crippen LogP contribution in [0, 0.1) is 0 Å². The predicted molar refractivity (Wildman–Crippen MR) is 102 cm³/mol. The number of ether oxygens (including phenoxy) is 1. The van der Waals surface area contributed by atoms with Crippen molar-refractivity contribution in [3.63, 3.8) is 0 Å². The highest BCUT2D eigenvalue weighted by molar-refractivity contribution is 7.84. The van der Waals surface area contributed by atoms with Crippen molar-refractivity contribution >= 4 is 28.4 Å². The normalized spacial score (nSPS) is 11.5. The zero-order valence-electron chi connectivity index (χ0n) is 15.0. The molecular weight excluding hydrogens is 352 g/mol. The second-order valence-electron chi connectivity index (χ2n) is 5.86. The number of anilines is 1. The SMILES string of the molecule is CN(C)c1ccc(CNC(=O)COC(=O)c2ccccc2[S@@](C)=O)cc1. The summed E-state index contributed by atoms with van der Waals surface area (Å²) in [5.41, 5.74) is 2.23. The third-order valence-electron chi connectivity index (χ3n) is 3.69. The molecule has 1 N–H and O–H groups in total. The molecule has 0 bridgehead atoms. The third kappa shape index (κ3) is 5.42. The van der Waals surface area contributed by atoms with E-state index in [-0.39, 0.29) is 12.2 Å². The molecule has 0 heterocycles. The molecule has 26 heavy (non-hydrogen) atoms. The van der Waals surface area contributed by atoms with Gasteiger partial charge in [-0.1, -0.05) is 24.3 Å². The van der Waals surface area contributed by atoms with Crippen molar-refractivity contribution in [1.29, 1.82) is 0 Å². The summed E-state index contributed by atoms with van der Waals surface area (Å²) in [5.74, 6) is -1.06. The minimum absolute atomic E-state index is 0.209. The topological polar surface area (TPSA) is 75.7 Å². The lowest BCUT2D eigenvalue weighted by molar-refractivity contribution is -0.124. The third-order valence-corrected chi connectivity index (χ3v) is 4.67. The average molecular weight is 374 g/mol. The number of nitrogens with one attached hydrogen (secondary N) is 1. The Bertz CT molecular complexity index is 803. The number of nitrogens with zero attached hydrogens (tertiary/aromatic N) is 1. The fraction of sp³-hybridized carbons (Fsp3) is 0.263. The van der Waals surface area contributed by atoms with E-state index in [1.807, 2.05) is 43.3 Å². The Morgan fingerprint density at radius 2 is 1.73 bits per heavy atom. The molecule has 0 saturated heterocycles. The Morgan fingerprint density at radius 3 is 2.35 bits per heavy atom. The first-order valence-electron chi connectivity index (χ1n) is 8.01. The summed E-state index contributed by atoms with van der Waals surface area (Å²) in [6, 6.07) is 14.3. The number of rotatable bonds is 7. The van der Waals surface area contributed by atoms with Gasteiger partial charge in [-0.3, -0.25) is 9.00 Å². The molecule has 1 amide bonds. The molecular formula is C19H22N2O4S. The highest BCUT2D eigenvalue weighted by Crippen LogP contribution is 2.14. The van der Waals surface area contributed by atoms with E-state index in [0.717, 1.165) is 11.3 Å². The van der Waals surface area contributed by atoms with E-state index < -0.39 is 22.7 Å². The van der Waals surface area contributed by atoms with Gasteiger partial charge >= 0.3 is 5.97 Å². The quantitative estimate of drug-likeness (QED) is 0.750. The van der Waals surface area contributed by atoms with Gasteiger partial charge in [0, 0.05) is 32.6 Å². The Labute approximate surface area is 155 Å². The largest absolute Gasteiger partial charge is 0.452 e. The molecule has 2 rings (SSSR count). The molecule has 0 saturated carbocycles. The zero-order chi connectivity index (χ0) is 19.1. The van der Waals surface area contributed by atoms with Crippen LogP contribution in [0.4, 0.5) is 5.69 Å². The molecule has 0 aliphatic carbocycles. The first-order valence-corrected chi connectivity index (χ1v) is 9.57. The number of amides is 1. The molecule has 2 aromatic rings. The van der Waals surface area contributed by atoms with Crippen molar-refractivity contribution in [2.45, 2.75) is 11.4 Å². The summed E-state index contributed by atoms with van der Waals surface area (Å²) in [6.45, 7) is -0.0427. The first kappa shape index (κ1) is 19.7. The number of carbonyl (C=O) groups is 2. The van der Waals surface area contributed by atoms with Gasteiger partial charge in [0.15, 0.2) is 6.61 Å². The molecule has 2 aromatic carbocycles. The van der Waals surface area contributed by atoms with Crippen molar-refractivity contribution < 1.29 is 18.5 Å². The Morgan fingerprint density at radius 1 is 1.08 bits per heavy atom. The molecule has 0 aromatic heterocycles. The van der Waals surface area contributed by atoms with Crippen molar-refractivity contribution in [2.24, 2.45) is 0 Å². The van der Waals surface area contributed by atoms with Crippen molar-refractivity contribution in [3.8, 4) is 0 Å². The van der Waals surface area contributed by atoms with Crippen LogP contribution in [0.2, 0.25) is 0 Å². The maximum atomic E-state index is 12.1. The smallest absolute Gasteiger partial charge is 0.339 e. The van der Waals surface area contributed by atoms with Crippen LogP contribution in [0.1, 0.15) is 15.9 Å². The summed E-state index contributed by atoms with van der Waals surface area (Å²) < 4.78 is 16.7. The van der Waals surface area contributed by atoms with E-state index >= 15 is 0 Å². The lowest BCUT2D eigenvalue weighted by Gasteiger charge is -2.13. The number of hydrogen-bond acceptors (Lipinski definition) is 5. The van der Waals surface area contributed by atoms with Crippen LogP contribution < -0.4 is 10.2 Å². The minimum Gasteiger partial charge on any atom is -0.452 e.